The van der Waals surface area contributed by atoms with Crippen LogP contribution in [0.15, 0.2) is 71.8 Å². The lowest BCUT2D eigenvalue weighted by atomic mass is 10.1. The summed E-state index contributed by atoms with van der Waals surface area (Å²) in [5.41, 5.74) is 2.09. The summed E-state index contributed by atoms with van der Waals surface area (Å²) in [6, 6.07) is 20.4. The zero-order chi connectivity index (χ0) is 21.8. The zero-order valence-corrected chi connectivity index (χ0v) is 17.5. The van der Waals surface area contributed by atoms with Crippen molar-refractivity contribution < 1.29 is 9.18 Å². The van der Waals surface area contributed by atoms with Crippen LogP contribution < -0.4 is 5.32 Å². The number of nitrogens with one attached hydrogen (secondary N) is 1. The van der Waals surface area contributed by atoms with E-state index in [9.17, 15) is 14.4 Å². The van der Waals surface area contributed by atoms with Gasteiger partial charge in [-0.2, -0.15) is 5.26 Å². The van der Waals surface area contributed by atoms with Gasteiger partial charge in [0.15, 0.2) is 0 Å². The largest absolute Gasteiger partial charge is 0.324 e. The topological polar surface area (TPSA) is 78.7 Å². The predicted octanol–water partition coefficient (Wildman–Crippen LogP) is 5.69. The number of nitriles is 1. The van der Waals surface area contributed by atoms with Crippen molar-refractivity contribution in [1.82, 2.24) is 10.2 Å². The van der Waals surface area contributed by atoms with Gasteiger partial charge in [0.05, 0.1) is 17.0 Å². The molecule has 1 heterocycles. The van der Waals surface area contributed by atoms with E-state index in [0.717, 1.165) is 16.3 Å². The van der Waals surface area contributed by atoms with Gasteiger partial charge in [0.1, 0.15) is 22.6 Å². The summed E-state index contributed by atoms with van der Waals surface area (Å²) in [6.45, 7) is 0. The van der Waals surface area contributed by atoms with Gasteiger partial charge in [0, 0.05) is 21.4 Å². The summed E-state index contributed by atoms with van der Waals surface area (Å²) >= 11 is 7.20. The lowest BCUT2D eigenvalue weighted by molar-refractivity contribution is -0.113. The highest BCUT2D eigenvalue weighted by Gasteiger charge is 2.14. The Morgan fingerprint density at radius 1 is 1.06 bits per heavy atom. The Balaban J connectivity index is 1.56. The number of benzene rings is 3. The van der Waals surface area contributed by atoms with E-state index >= 15 is 0 Å². The second-order valence-corrected chi connectivity index (χ2v) is 7.95. The molecule has 0 atom stereocenters. The standard InChI is InChI=1S/C23H14ClFN4OS/c24-16-8-5-15(12-26)20(11-16)27-21(30)13-31-23-19-4-2-1-3-18(19)22(28-29-23)14-6-9-17(25)10-7-14/h1-11H,13H2,(H,27,30). The van der Waals surface area contributed by atoms with E-state index in [0.29, 0.717) is 27.0 Å². The number of rotatable bonds is 5. The van der Waals surface area contributed by atoms with E-state index in [1.54, 1.807) is 24.3 Å². The molecule has 5 nitrogen and oxygen atoms in total. The molecule has 0 aliphatic rings. The number of hydrogen-bond acceptors (Lipinski definition) is 5. The molecule has 0 unspecified atom stereocenters. The summed E-state index contributed by atoms with van der Waals surface area (Å²) < 4.78 is 13.3. The van der Waals surface area contributed by atoms with Crippen LogP contribution in [0.25, 0.3) is 22.0 Å². The second-order valence-electron chi connectivity index (χ2n) is 6.54. The highest BCUT2D eigenvalue weighted by atomic mass is 35.5. The molecule has 0 saturated heterocycles. The Morgan fingerprint density at radius 3 is 2.55 bits per heavy atom. The molecule has 1 N–H and O–H groups in total. The number of carbonyl (C=O) groups excluding carboxylic acids is 1. The second kappa shape index (κ2) is 9.13. The van der Waals surface area contributed by atoms with Gasteiger partial charge in [-0.25, -0.2) is 4.39 Å². The number of aromatic nitrogens is 2. The van der Waals surface area contributed by atoms with Crippen molar-refractivity contribution in [2.75, 3.05) is 11.1 Å². The average Bonchev–Trinajstić information content (AvgIpc) is 2.78. The number of fused-ring (bicyclic) bond motifs is 1. The van der Waals surface area contributed by atoms with Crippen LogP contribution in [0.1, 0.15) is 5.56 Å². The quantitative estimate of drug-likeness (QED) is 0.396. The van der Waals surface area contributed by atoms with Crippen molar-refractivity contribution in [1.29, 1.82) is 5.26 Å². The fourth-order valence-electron chi connectivity index (χ4n) is 3.04. The maximum absolute atomic E-state index is 13.3. The Bertz CT molecular complexity index is 1320. The monoisotopic (exact) mass is 448 g/mol. The third-order valence-corrected chi connectivity index (χ3v) is 5.70. The Hall–Kier alpha value is -3.47. The lowest BCUT2D eigenvalue weighted by Gasteiger charge is -2.10. The van der Waals surface area contributed by atoms with Crippen molar-refractivity contribution in [2.45, 2.75) is 5.03 Å². The number of hydrogen-bond donors (Lipinski definition) is 1. The molecule has 0 saturated carbocycles. The van der Waals surface area contributed by atoms with Crippen molar-refractivity contribution >= 4 is 45.7 Å². The van der Waals surface area contributed by atoms with Gasteiger partial charge in [-0.05, 0) is 42.5 Å². The minimum Gasteiger partial charge on any atom is -0.324 e. The van der Waals surface area contributed by atoms with Gasteiger partial charge in [0.2, 0.25) is 5.91 Å². The van der Waals surface area contributed by atoms with E-state index in [1.165, 1.54) is 30.0 Å². The SMILES string of the molecule is N#Cc1ccc(Cl)cc1NC(=O)CSc1nnc(-c2ccc(F)cc2)c2ccccc12. The van der Waals surface area contributed by atoms with Gasteiger partial charge in [0.25, 0.3) is 0 Å². The molecule has 1 amide bonds. The molecule has 0 radical (unpaired) electrons. The Morgan fingerprint density at radius 2 is 1.81 bits per heavy atom. The first-order valence-electron chi connectivity index (χ1n) is 9.19. The summed E-state index contributed by atoms with van der Waals surface area (Å²) in [4.78, 5) is 12.5. The van der Waals surface area contributed by atoms with Gasteiger partial charge in [-0.1, -0.05) is 47.6 Å². The smallest absolute Gasteiger partial charge is 0.234 e. The summed E-state index contributed by atoms with van der Waals surface area (Å²) in [5, 5.41) is 23.3. The van der Waals surface area contributed by atoms with Crippen LogP contribution in [0.3, 0.4) is 0 Å². The molecule has 0 aliphatic carbocycles. The third-order valence-electron chi connectivity index (χ3n) is 4.49. The minimum atomic E-state index is -0.321. The van der Waals surface area contributed by atoms with Crippen molar-refractivity contribution in [3.8, 4) is 17.3 Å². The van der Waals surface area contributed by atoms with Crippen LogP contribution in [-0.2, 0) is 4.79 Å². The van der Waals surface area contributed by atoms with Crippen LogP contribution in [0.2, 0.25) is 5.02 Å². The first-order chi connectivity index (χ1) is 15.0. The molecule has 0 spiro atoms. The molecule has 3 aromatic carbocycles. The molecule has 0 bridgehead atoms. The predicted molar refractivity (Wildman–Crippen MR) is 120 cm³/mol. The summed E-state index contributed by atoms with van der Waals surface area (Å²) in [7, 11) is 0. The first-order valence-corrected chi connectivity index (χ1v) is 10.5. The molecule has 4 aromatic rings. The molecule has 0 aliphatic heterocycles. The zero-order valence-electron chi connectivity index (χ0n) is 16.0. The molecule has 152 valence electrons. The van der Waals surface area contributed by atoms with Crippen LogP contribution in [0, 0.1) is 17.1 Å². The van der Waals surface area contributed by atoms with Crippen LogP contribution >= 0.6 is 23.4 Å². The first kappa shape index (κ1) is 20.8. The van der Waals surface area contributed by atoms with Crippen molar-refractivity contribution in [2.24, 2.45) is 0 Å². The van der Waals surface area contributed by atoms with E-state index in [2.05, 4.69) is 15.5 Å². The third kappa shape index (κ3) is 4.66. The van der Waals surface area contributed by atoms with Crippen molar-refractivity contribution in [3.05, 3.63) is 83.1 Å². The number of carbonyl (C=O) groups is 1. The molecule has 4 rings (SSSR count). The average molecular weight is 449 g/mol. The summed E-state index contributed by atoms with van der Waals surface area (Å²) in [6.07, 6.45) is 0. The maximum Gasteiger partial charge on any atom is 0.234 e. The number of anilines is 1. The van der Waals surface area contributed by atoms with Crippen molar-refractivity contribution in [3.63, 3.8) is 0 Å². The number of nitrogens with zero attached hydrogens (tertiary/aromatic N) is 3. The van der Waals surface area contributed by atoms with Gasteiger partial charge >= 0.3 is 0 Å². The summed E-state index contributed by atoms with van der Waals surface area (Å²) in [5.74, 6) is -0.540. The fourth-order valence-corrected chi connectivity index (χ4v) is 3.99. The van der Waals surface area contributed by atoms with E-state index in [1.807, 2.05) is 30.3 Å². The molecule has 31 heavy (non-hydrogen) atoms. The fraction of sp³-hybridized carbons (Fsp3) is 0.0435. The van der Waals surface area contributed by atoms with Crippen LogP contribution in [-0.4, -0.2) is 21.9 Å². The molecule has 8 heteroatoms. The van der Waals surface area contributed by atoms with Gasteiger partial charge in [-0.3, -0.25) is 4.79 Å². The maximum atomic E-state index is 13.3. The highest BCUT2D eigenvalue weighted by molar-refractivity contribution is 8.00. The number of thioether (sulfide) groups is 1. The normalized spacial score (nSPS) is 10.6. The molecule has 0 fully saturated rings. The van der Waals surface area contributed by atoms with Gasteiger partial charge in [-0.15, -0.1) is 10.2 Å². The van der Waals surface area contributed by atoms with Gasteiger partial charge < -0.3 is 5.32 Å². The van der Waals surface area contributed by atoms with E-state index in [4.69, 9.17) is 11.6 Å². The Labute approximate surface area is 186 Å². The Kier molecular flexibility index (Phi) is 6.12. The molecular formula is C23H14ClFN4OS. The van der Waals surface area contributed by atoms with E-state index < -0.39 is 0 Å². The molecular weight excluding hydrogens is 435 g/mol. The number of amides is 1. The van der Waals surface area contributed by atoms with Crippen LogP contribution in [0.5, 0.6) is 0 Å². The molecule has 1 aromatic heterocycles. The number of halogens is 2. The van der Waals surface area contributed by atoms with Crippen LogP contribution in [0.4, 0.5) is 10.1 Å². The highest BCUT2D eigenvalue weighted by Crippen LogP contribution is 2.32. The minimum absolute atomic E-state index is 0.0753. The van der Waals surface area contributed by atoms with E-state index in [-0.39, 0.29) is 17.5 Å². The lowest BCUT2D eigenvalue weighted by Crippen LogP contribution is -2.15.